The largest absolute Gasteiger partial charge is 0.347 e. The fraction of sp³-hybridized carbons (Fsp3) is 0.500. The Balaban J connectivity index is 2.14. The van der Waals surface area contributed by atoms with Crippen LogP contribution in [-0.2, 0) is 0 Å². The summed E-state index contributed by atoms with van der Waals surface area (Å²) in [7, 11) is 0. The second kappa shape index (κ2) is 4.81. The van der Waals surface area contributed by atoms with Gasteiger partial charge in [-0.3, -0.25) is 4.79 Å². The molecule has 0 saturated heterocycles. The molecule has 92 valence electrons. The van der Waals surface area contributed by atoms with Crippen molar-refractivity contribution in [2.75, 3.05) is 0 Å². The van der Waals surface area contributed by atoms with Crippen LogP contribution in [0.4, 0.5) is 0 Å². The molecule has 2 rings (SSSR count). The van der Waals surface area contributed by atoms with Crippen molar-refractivity contribution in [3.8, 4) is 0 Å². The molecule has 3 heteroatoms. The Labute approximate surface area is 111 Å². The second-order valence-electron chi connectivity index (χ2n) is 5.21. The van der Waals surface area contributed by atoms with Crippen LogP contribution < -0.4 is 5.32 Å². The summed E-state index contributed by atoms with van der Waals surface area (Å²) in [5.74, 6) is 0.0290. The second-order valence-corrected chi connectivity index (χ2v) is 6.06. The van der Waals surface area contributed by atoms with Gasteiger partial charge >= 0.3 is 0 Å². The van der Waals surface area contributed by atoms with E-state index in [-0.39, 0.29) is 11.4 Å². The lowest BCUT2D eigenvalue weighted by atomic mass is 10.00. The lowest BCUT2D eigenvalue weighted by Crippen LogP contribution is -2.43. The standard InChI is InChI=1S/C14H18BrNO/c1-10-5-6-11(12(15)9-10)13(17)16-14(2)7-3-4-8-14/h5-6,9H,3-4,7-8H2,1-2H3,(H,16,17). The van der Waals surface area contributed by atoms with Crippen LogP contribution in [0, 0.1) is 6.92 Å². The van der Waals surface area contributed by atoms with E-state index in [0.717, 1.165) is 28.4 Å². The lowest BCUT2D eigenvalue weighted by Gasteiger charge is -2.25. The number of halogens is 1. The third kappa shape index (κ3) is 2.89. The van der Waals surface area contributed by atoms with E-state index in [4.69, 9.17) is 0 Å². The summed E-state index contributed by atoms with van der Waals surface area (Å²) in [5, 5.41) is 3.16. The third-order valence-electron chi connectivity index (χ3n) is 3.49. The first-order valence-corrected chi connectivity index (χ1v) is 6.88. The molecule has 1 amide bonds. The number of hydrogen-bond acceptors (Lipinski definition) is 1. The Morgan fingerprint density at radius 2 is 2.00 bits per heavy atom. The van der Waals surface area contributed by atoms with Gasteiger partial charge in [0.25, 0.3) is 5.91 Å². The fourth-order valence-electron chi connectivity index (χ4n) is 2.43. The van der Waals surface area contributed by atoms with Gasteiger partial charge in [0, 0.05) is 10.0 Å². The first-order chi connectivity index (χ1) is 8.00. The molecule has 2 nitrogen and oxygen atoms in total. The van der Waals surface area contributed by atoms with Crippen molar-refractivity contribution >= 4 is 21.8 Å². The zero-order chi connectivity index (χ0) is 12.5. The molecule has 0 spiro atoms. The van der Waals surface area contributed by atoms with Crippen molar-refractivity contribution < 1.29 is 4.79 Å². The maximum atomic E-state index is 12.2. The van der Waals surface area contributed by atoms with Gasteiger partial charge in [0.1, 0.15) is 0 Å². The fourth-order valence-corrected chi connectivity index (χ4v) is 3.10. The van der Waals surface area contributed by atoms with Gasteiger partial charge in [-0.15, -0.1) is 0 Å². The number of nitrogens with one attached hydrogen (secondary N) is 1. The van der Waals surface area contributed by atoms with E-state index in [2.05, 4.69) is 28.2 Å². The van der Waals surface area contributed by atoms with Crippen LogP contribution in [0.25, 0.3) is 0 Å². The van der Waals surface area contributed by atoms with Gasteiger partial charge < -0.3 is 5.32 Å². The van der Waals surface area contributed by atoms with E-state index in [1.54, 1.807) is 0 Å². The third-order valence-corrected chi connectivity index (χ3v) is 4.15. The molecule has 0 radical (unpaired) electrons. The molecular formula is C14H18BrNO. The Kier molecular flexibility index (Phi) is 3.57. The molecule has 0 heterocycles. The number of benzene rings is 1. The molecule has 0 aliphatic heterocycles. The van der Waals surface area contributed by atoms with E-state index in [1.165, 1.54) is 12.8 Å². The van der Waals surface area contributed by atoms with Gasteiger partial charge in [-0.2, -0.15) is 0 Å². The van der Waals surface area contributed by atoms with Gasteiger partial charge in [0.05, 0.1) is 5.56 Å². The van der Waals surface area contributed by atoms with Crippen LogP contribution in [0.1, 0.15) is 48.5 Å². The SMILES string of the molecule is Cc1ccc(C(=O)NC2(C)CCCC2)c(Br)c1. The van der Waals surface area contributed by atoms with E-state index >= 15 is 0 Å². The van der Waals surface area contributed by atoms with E-state index in [0.29, 0.717) is 0 Å². The summed E-state index contributed by atoms with van der Waals surface area (Å²) in [5.41, 5.74) is 1.87. The van der Waals surface area contributed by atoms with Crippen molar-refractivity contribution in [3.63, 3.8) is 0 Å². The normalized spacial score (nSPS) is 18.1. The summed E-state index contributed by atoms with van der Waals surface area (Å²) in [4.78, 5) is 12.2. The highest BCUT2D eigenvalue weighted by Crippen LogP contribution is 2.29. The Hall–Kier alpha value is -0.830. The number of amides is 1. The van der Waals surface area contributed by atoms with Crippen LogP contribution in [0.5, 0.6) is 0 Å². The molecule has 1 N–H and O–H groups in total. The highest BCUT2D eigenvalue weighted by atomic mass is 79.9. The molecule has 1 aliphatic carbocycles. The number of aryl methyl sites for hydroxylation is 1. The molecule has 0 aromatic heterocycles. The van der Waals surface area contributed by atoms with E-state index < -0.39 is 0 Å². The van der Waals surface area contributed by atoms with Crippen LogP contribution >= 0.6 is 15.9 Å². The lowest BCUT2D eigenvalue weighted by molar-refractivity contribution is 0.0907. The molecule has 0 atom stereocenters. The molecule has 0 bridgehead atoms. The molecule has 17 heavy (non-hydrogen) atoms. The smallest absolute Gasteiger partial charge is 0.252 e. The Morgan fingerprint density at radius 3 is 2.59 bits per heavy atom. The van der Waals surface area contributed by atoms with Gasteiger partial charge in [-0.1, -0.05) is 18.9 Å². The van der Waals surface area contributed by atoms with Crippen molar-refractivity contribution in [3.05, 3.63) is 33.8 Å². The van der Waals surface area contributed by atoms with Crippen molar-refractivity contribution in [1.29, 1.82) is 0 Å². The van der Waals surface area contributed by atoms with Gasteiger partial charge in [0.2, 0.25) is 0 Å². The number of rotatable bonds is 2. The average Bonchev–Trinajstić information content (AvgIpc) is 2.64. The van der Waals surface area contributed by atoms with Gasteiger partial charge in [0.15, 0.2) is 0 Å². The molecule has 1 saturated carbocycles. The minimum Gasteiger partial charge on any atom is -0.347 e. The number of hydrogen-bond donors (Lipinski definition) is 1. The number of carbonyl (C=O) groups excluding carboxylic acids is 1. The first kappa shape index (κ1) is 12.6. The highest BCUT2D eigenvalue weighted by Gasteiger charge is 2.30. The summed E-state index contributed by atoms with van der Waals surface area (Å²) in [6, 6.07) is 5.83. The van der Waals surface area contributed by atoms with Gasteiger partial charge in [-0.25, -0.2) is 0 Å². The molecular weight excluding hydrogens is 278 g/mol. The predicted octanol–water partition coefficient (Wildman–Crippen LogP) is 3.82. The van der Waals surface area contributed by atoms with E-state index in [9.17, 15) is 4.79 Å². The molecule has 1 aliphatic rings. The van der Waals surface area contributed by atoms with Crippen LogP contribution in [0.2, 0.25) is 0 Å². The predicted molar refractivity (Wildman–Crippen MR) is 73.2 cm³/mol. The topological polar surface area (TPSA) is 29.1 Å². The Morgan fingerprint density at radius 1 is 1.35 bits per heavy atom. The first-order valence-electron chi connectivity index (χ1n) is 6.09. The molecule has 0 unspecified atom stereocenters. The number of carbonyl (C=O) groups is 1. The van der Waals surface area contributed by atoms with Crippen LogP contribution in [0.3, 0.4) is 0 Å². The van der Waals surface area contributed by atoms with Gasteiger partial charge in [-0.05, 0) is 60.3 Å². The minimum absolute atomic E-state index is 0.0125. The molecule has 1 aromatic carbocycles. The molecule has 1 fully saturated rings. The van der Waals surface area contributed by atoms with Crippen molar-refractivity contribution in [1.82, 2.24) is 5.32 Å². The quantitative estimate of drug-likeness (QED) is 0.883. The average molecular weight is 296 g/mol. The maximum absolute atomic E-state index is 12.2. The maximum Gasteiger partial charge on any atom is 0.252 e. The zero-order valence-electron chi connectivity index (χ0n) is 10.3. The van der Waals surface area contributed by atoms with Crippen LogP contribution in [-0.4, -0.2) is 11.4 Å². The monoisotopic (exact) mass is 295 g/mol. The van der Waals surface area contributed by atoms with Crippen molar-refractivity contribution in [2.45, 2.75) is 45.1 Å². The summed E-state index contributed by atoms with van der Waals surface area (Å²) >= 11 is 3.45. The van der Waals surface area contributed by atoms with Crippen LogP contribution in [0.15, 0.2) is 22.7 Å². The highest BCUT2D eigenvalue weighted by molar-refractivity contribution is 9.10. The van der Waals surface area contributed by atoms with E-state index in [1.807, 2.05) is 25.1 Å². The summed E-state index contributed by atoms with van der Waals surface area (Å²) in [6.45, 7) is 4.16. The summed E-state index contributed by atoms with van der Waals surface area (Å²) < 4.78 is 0.872. The molecule has 1 aromatic rings. The van der Waals surface area contributed by atoms with Crippen molar-refractivity contribution in [2.24, 2.45) is 0 Å². The summed E-state index contributed by atoms with van der Waals surface area (Å²) in [6.07, 6.45) is 4.60. The zero-order valence-corrected chi connectivity index (χ0v) is 11.9. The minimum atomic E-state index is -0.0125. The Bertz CT molecular complexity index is 436.